The molecule has 0 saturated carbocycles. The minimum Gasteiger partial charge on any atom is -0.329 e. The Hall–Kier alpha value is -0.330. The van der Waals surface area contributed by atoms with Gasteiger partial charge in [0.2, 0.25) is 0 Å². The Bertz CT molecular complexity index is 220. The lowest BCUT2D eigenvalue weighted by Crippen LogP contribution is -2.51. The lowest BCUT2D eigenvalue weighted by Gasteiger charge is -2.38. The van der Waals surface area contributed by atoms with E-state index in [0.29, 0.717) is 19.0 Å². The first kappa shape index (κ1) is 14.7. The summed E-state index contributed by atoms with van der Waals surface area (Å²) in [5, 5.41) is 2.61. The van der Waals surface area contributed by atoms with Crippen LogP contribution < -0.4 is 11.1 Å². The second kappa shape index (κ2) is 6.56. The average Bonchev–Trinajstić information content (AvgIpc) is 2.25. The summed E-state index contributed by atoms with van der Waals surface area (Å²) in [4.78, 5) is 2.16. The molecule has 6 heteroatoms. The molecule has 1 fully saturated rings. The number of hydrogen-bond acceptors (Lipinski definition) is 3. The summed E-state index contributed by atoms with van der Waals surface area (Å²) in [5.74, 6) is 0.473. The molecule has 0 aliphatic carbocycles. The summed E-state index contributed by atoms with van der Waals surface area (Å²) in [6.45, 7) is 4.13. The second-order valence-corrected chi connectivity index (χ2v) is 4.75. The molecule has 0 bridgehead atoms. The van der Waals surface area contributed by atoms with Crippen molar-refractivity contribution in [2.75, 3.05) is 32.7 Å². The van der Waals surface area contributed by atoms with Gasteiger partial charge in [0.25, 0.3) is 0 Å². The molecule has 0 aromatic heterocycles. The molecule has 3 N–H and O–H groups in total. The van der Waals surface area contributed by atoms with Crippen molar-refractivity contribution in [3.05, 3.63) is 0 Å². The van der Waals surface area contributed by atoms with Crippen molar-refractivity contribution < 1.29 is 13.2 Å². The maximum atomic E-state index is 12.1. The Balaban J connectivity index is 2.42. The molecule has 3 nitrogen and oxygen atoms in total. The van der Waals surface area contributed by atoms with Crippen LogP contribution in [-0.4, -0.2) is 49.8 Å². The first-order valence-electron chi connectivity index (χ1n) is 6.17. The predicted octanol–water partition coefficient (Wildman–Crippen LogP) is 1.20. The number of halogens is 3. The van der Waals surface area contributed by atoms with Gasteiger partial charge in [-0.1, -0.05) is 13.3 Å². The van der Waals surface area contributed by atoms with Crippen LogP contribution in [0.15, 0.2) is 0 Å². The molecule has 1 aliphatic heterocycles. The lowest BCUT2D eigenvalue weighted by atomic mass is 9.92. The van der Waals surface area contributed by atoms with Crippen molar-refractivity contribution in [1.82, 2.24) is 10.2 Å². The van der Waals surface area contributed by atoms with E-state index in [0.717, 1.165) is 25.9 Å². The fourth-order valence-corrected chi connectivity index (χ4v) is 2.37. The maximum absolute atomic E-state index is 12.1. The van der Waals surface area contributed by atoms with Crippen LogP contribution in [0.1, 0.15) is 19.8 Å². The monoisotopic (exact) mass is 253 g/mol. The standard InChI is InChI=1S/C11H22F3N3/c1-2-9-5-10(16-8-11(12,13)14)7-17(6-9)4-3-15/h9-10,16H,2-8,15H2,1H3. The summed E-state index contributed by atoms with van der Waals surface area (Å²) in [6.07, 6.45) is -2.29. The van der Waals surface area contributed by atoms with E-state index in [-0.39, 0.29) is 6.04 Å². The fraction of sp³-hybridized carbons (Fsp3) is 1.00. The third kappa shape index (κ3) is 5.70. The van der Waals surface area contributed by atoms with Gasteiger partial charge in [-0.05, 0) is 12.3 Å². The van der Waals surface area contributed by atoms with Crippen LogP contribution in [0.3, 0.4) is 0 Å². The number of rotatable bonds is 5. The van der Waals surface area contributed by atoms with Crippen LogP contribution in [-0.2, 0) is 0 Å². The molecule has 102 valence electrons. The first-order chi connectivity index (χ1) is 7.94. The van der Waals surface area contributed by atoms with Gasteiger partial charge in [0.15, 0.2) is 0 Å². The van der Waals surface area contributed by atoms with E-state index in [1.807, 2.05) is 0 Å². The van der Waals surface area contributed by atoms with Gasteiger partial charge in [-0.15, -0.1) is 0 Å². The van der Waals surface area contributed by atoms with E-state index in [9.17, 15) is 13.2 Å². The van der Waals surface area contributed by atoms with E-state index >= 15 is 0 Å². The van der Waals surface area contributed by atoms with E-state index in [4.69, 9.17) is 5.73 Å². The van der Waals surface area contributed by atoms with Gasteiger partial charge in [-0.2, -0.15) is 13.2 Å². The third-order valence-electron chi connectivity index (χ3n) is 3.23. The molecule has 0 amide bonds. The zero-order chi connectivity index (χ0) is 12.9. The summed E-state index contributed by atoms with van der Waals surface area (Å²) in [7, 11) is 0. The van der Waals surface area contributed by atoms with Gasteiger partial charge < -0.3 is 16.0 Å². The smallest absolute Gasteiger partial charge is 0.329 e. The quantitative estimate of drug-likeness (QED) is 0.773. The van der Waals surface area contributed by atoms with Gasteiger partial charge in [-0.25, -0.2) is 0 Å². The number of nitrogens with two attached hydrogens (primary N) is 1. The van der Waals surface area contributed by atoms with Crippen molar-refractivity contribution >= 4 is 0 Å². The largest absolute Gasteiger partial charge is 0.401 e. The molecule has 0 radical (unpaired) electrons. The maximum Gasteiger partial charge on any atom is 0.401 e. The normalized spacial score (nSPS) is 27.4. The average molecular weight is 253 g/mol. The number of alkyl halides is 3. The van der Waals surface area contributed by atoms with E-state index < -0.39 is 12.7 Å². The minimum atomic E-state index is -4.13. The molecule has 1 aliphatic rings. The number of hydrogen-bond donors (Lipinski definition) is 2. The summed E-state index contributed by atoms with van der Waals surface area (Å²) >= 11 is 0. The van der Waals surface area contributed by atoms with Crippen LogP contribution in [0.5, 0.6) is 0 Å². The number of piperidine rings is 1. The van der Waals surface area contributed by atoms with Crippen molar-refractivity contribution in [1.29, 1.82) is 0 Å². The van der Waals surface area contributed by atoms with Crippen LogP contribution in [0.4, 0.5) is 13.2 Å². The van der Waals surface area contributed by atoms with Crippen molar-refractivity contribution in [3.63, 3.8) is 0 Å². The van der Waals surface area contributed by atoms with Crippen LogP contribution in [0.25, 0.3) is 0 Å². The zero-order valence-electron chi connectivity index (χ0n) is 10.3. The molecular weight excluding hydrogens is 231 g/mol. The molecule has 1 heterocycles. The van der Waals surface area contributed by atoms with Gasteiger partial charge >= 0.3 is 6.18 Å². The van der Waals surface area contributed by atoms with Gasteiger partial charge in [0.1, 0.15) is 0 Å². The zero-order valence-corrected chi connectivity index (χ0v) is 10.3. The van der Waals surface area contributed by atoms with E-state index in [1.165, 1.54) is 0 Å². The van der Waals surface area contributed by atoms with E-state index in [2.05, 4.69) is 17.1 Å². The molecule has 0 aromatic rings. The Labute approximate surface area is 101 Å². The Kier molecular flexibility index (Phi) is 5.69. The van der Waals surface area contributed by atoms with Crippen LogP contribution >= 0.6 is 0 Å². The third-order valence-corrected chi connectivity index (χ3v) is 3.23. The predicted molar refractivity (Wildman–Crippen MR) is 61.7 cm³/mol. The van der Waals surface area contributed by atoms with Crippen LogP contribution in [0, 0.1) is 5.92 Å². The highest BCUT2D eigenvalue weighted by Gasteiger charge is 2.31. The molecule has 0 aromatic carbocycles. The molecule has 1 rings (SSSR count). The van der Waals surface area contributed by atoms with Crippen molar-refractivity contribution in [2.45, 2.75) is 32.0 Å². The molecule has 1 saturated heterocycles. The second-order valence-electron chi connectivity index (χ2n) is 4.75. The Morgan fingerprint density at radius 3 is 2.59 bits per heavy atom. The molecule has 17 heavy (non-hydrogen) atoms. The van der Waals surface area contributed by atoms with Gasteiger partial charge in [0.05, 0.1) is 6.54 Å². The number of likely N-dealkylation sites (tertiary alicyclic amines) is 1. The molecule has 0 spiro atoms. The van der Waals surface area contributed by atoms with Crippen molar-refractivity contribution in [2.24, 2.45) is 11.7 Å². The first-order valence-corrected chi connectivity index (χ1v) is 6.17. The molecule has 2 atom stereocenters. The highest BCUT2D eigenvalue weighted by molar-refractivity contribution is 4.83. The molecular formula is C11H22F3N3. The number of nitrogens with one attached hydrogen (secondary N) is 1. The van der Waals surface area contributed by atoms with Gasteiger partial charge in [-0.3, -0.25) is 0 Å². The summed E-state index contributed by atoms with van der Waals surface area (Å²) < 4.78 is 36.4. The summed E-state index contributed by atoms with van der Waals surface area (Å²) in [5.41, 5.74) is 5.49. The lowest BCUT2D eigenvalue weighted by molar-refractivity contribution is -0.127. The van der Waals surface area contributed by atoms with Crippen LogP contribution in [0.2, 0.25) is 0 Å². The minimum absolute atomic E-state index is 0.0677. The SMILES string of the molecule is CCC1CC(NCC(F)(F)F)CN(CCN)C1. The summed E-state index contributed by atoms with van der Waals surface area (Å²) in [6, 6.07) is -0.0677. The van der Waals surface area contributed by atoms with E-state index in [1.54, 1.807) is 0 Å². The Morgan fingerprint density at radius 1 is 1.35 bits per heavy atom. The fourth-order valence-electron chi connectivity index (χ4n) is 2.37. The Morgan fingerprint density at radius 2 is 2.06 bits per heavy atom. The highest BCUT2D eigenvalue weighted by Crippen LogP contribution is 2.20. The molecule has 2 unspecified atom stereocenters. The topological polar surface area (TPSA) is 41.3 Å². The highest BCUT2D eigenvalue weighted by atomic mass is 19.4. The van der Waals surface area contributed by atoms with Gasteiger partial charge in [0, 0.05) is 32.2 Å². The van der Waals surface area contributed by atoms with Crippen molar-refractivity contribution in [3.8, 4) is 0 Å². The number of nitrogens with zero attached hydrogens (tertiary/aromatic N) is 1.